The minimum absolute atomic E-state index is 1.26. The van der Waals surface area contributed by atoms with Gasteiger partial charge in [-0.1, -0.05) is 30.3 Å². The molecule has 3 aromatic carbocycles. The van der Waals surface area contributed by atoms with Gasteiger partial charge in [-0.15, -0.1) is 0 Å². The van der Waals surface area contributed by atoms with Crippen LogP contribution < -0.4 is 0 Å². The predicted octanol–water partition coefficient (Wildman–Crippen LogP) is 4.10. The van der Waals surface area contributed by atoms with Gasteiger partial charge in [0.2, 0.25) is 0 Å². The third kappa shape index (κ3) is 1.30. The first-order valence-corrected chi connectivity index (χ1v) is 5.14. The lowest BCUT2D eigenvalue weighted by molar-refractivity contribution is 1.54. The summed E-state index contributed by atoms with van der Waals surface area (Å²) in [6.45, 7) is 2.16. The number of benzene rings is 3. The molecule has 0 aliphatic heterocycles. The van der Waals surface area contributed by atoms with Crippen molar-refractivity contribution in [1.29, 1.82) is 0 Å². The van der Waals surface area contributed by atoms with Gasteiger partial charge in [0.1, 0.15) is 0 Å². The number of aryl methyl sites for hydroxylation is 1. The molecule has 3 rings (SSSR count). The molecule has 71 valence electrons. The number of fused-ring (bicyclic) bond motifs is 2. The van der Waals surface area contributed by atoms with E-state index in [0.717, 1.165) is 0 Å². The van der Waals surface area contributed by atoms with Gasteiger partial charge in [0.15, 0.2) is 0 Å². The van der Waals surface area contributed by atoms with Gasteiger partial charge in [0, 0.05) is 0 Å². The summed E-state index contributed by atoms with van der Waals surface area (Å²) in [5.41, 5.74) is 1.34. The van der Waals surface area contributed by atoms with E-state index in [0.29, 0.717) is 0 Å². The molecule has 0 saturated carbocycles. The van der Waals surface area contributed by atoms with Gasteiger partial charge in [-0.2, -0.15) is 0 Å². The number of hydrogen-bond acceptors (Lipinski definition) is 0. The Morgan fingerprint density at radius 1 is 0.933 bits per heavy atom. The Morgan fingerprint density at radius 3 is 2.80 bits per heavy atom. The van der Waals surface area contributed by atoms with Crippen LogP contribution in [0.1, 0.15) is 5.56 Å². The third-order valence-corrected chi connectivity index (χ3v) is 2.90. The van der Waals surface area contributed by atoms with E-state index >= 15 is 0 Å². The molecule has 0 amide bonds. The predicted molar refractivity (Wildman–Crippen MR) is 65.0 cm³/mol. The van der Waals surface area contributed by atoms with Crippen molar-refractivity contribution in [1.82, 2.24) is 0 Å². The fraction of sp³-hybridized carbons (Fsp3) is 0.0667. The smallest absolute Gasteiger partial charge is 0.0148 e. The van der Waals surface area contributed by atoms with Gasteiger partial charge >= 0.3 is 0 Å². The minimum atomic E-state index is 1.26. The average Bonchev–Trinajstić information content (AvgIpc) is 2.27. The Hall–Kier alpha value is -1.82. The van der Waals surface area contributed by atoms with Crippen LogP contribution in [0.25, 0.3) is 21.5 Å². The van der Waals surface area contributed by atoms with Gasteiger partial charge in [-0.05, 0) is 58.3 Å². The molecule has 15 heavy (non-hydrogen) atoms. The molecule has 1 radical (unpaired) electrons. The summed E-state index contributed by atoms with van der Waals surface area (Å²) < 4.78 is 0. The lowest BCUT2D eigenvalue weighted by atomic mass is 10.0. The summed E-state index contributed by atoms with van der Waals surface area (Å²) in [6, 6.07) is 20.1. The van der Waals surface area contributed by atoms with Crippen molar-refractivity contribution in [2.45, 2.75) is 6.92 Å². The van der Waals surface area contributed by atoms with Crippen molar-refractivity contribution in [3.05, 3.63) is 60.2 Å². The standard InChI is InChI=1S/C15H11/c1-11-5-4-8-14-9-12-6-2-3-7-13(12)10-15(11)14/h3-10H,1H3. The molecule has 0 N–H and O–H groups in total. The summed E-state index contributed by atoms with van der Waals surface area (Å²) in [4.78, 5) is 0. The Labute approximate surface area is 89.2 Å². The molecule has 0 fully saturated rings. The normalized spacial score (nSPS) is 11.0. The first-order chi connectivity index (χ1) is 7.34. The molecular weight excluding hydrogens is 180 g/mol. The van der Waals surface area contributed by atoms with Crippen LogP contribution in [0.3, 0.4) is 0 Å². The Bertz CT molecular complexity index is 636. The quantitative estimate of drug-likeness (QED) is 0.469. The number of hydrogen-bond donors (Lipinski definition) is 0. The highest BCUT2D eigenvalue weighted by Crippen LogP contribution is 2.24. The molecule has 0 heteroatoms. The van der Waals surface area contributed by atoms with E-state index in [1.54, 1.807) is 0 Å². The fourth-order valence-corrected chi connectivity index (χ4v) is 2.06. The van der Waals surface area contributed by atoms with Crippen molar-refractivity contribution < 1.29 is 0 Å². The molecule has 0 aliphatic rings. The number of rotatable bonds is 0. The van der Waals surface area contributed by atoms with E-state index in [1.807, 2.05) is 12.1 Å². The molecule has 0 heterocycles. The zero-order valence-corrected chi connectivity index (χ0v) is 8.62. The lowest BCUT2D eigenvalue weighted by Gasteiger charge is -2.04. The maximum atomic E-state index is 3.11. The summed E-state index contributed by atoms with van der Waals surface area (Å²) in [7, 11) is 0. The molecule has 0 aromatic heterocycles. The summed E-state index contributed by atoms with van der Waals surface area (Å²) in [6.07, 6.45) is 0. The first kappa shape index (κ1) is 8.49. The van der Waals surface area contributed by atoms with Crippen LogP contribution in [0.5, 0.6) is 0 Å². The summed E-state index contributed by atoms with van der Waals surface area (Å²) in [5, 5.41) is 5.20. The summed E-state index contributed by atoms with van der Waals surface area (Å²) in [5.74, 6) is 0. The van der Waals surface area contributed by atoms with Crippen molar-refractivity contribution >= 4 is 21.5 Å². The second-order valence-corrected chi connectivity index (χ2v) is 3.92. The van der Waals surface area contributed by atoms with Gasteiger partial charge in [0.05, 0.1) is 0 Å². The SMILES string of the molecule is Cc1cccc2cc3c[c]ccc3cc12. The molecule has 0 bridgehead atoms. The average molecular weight is 191 g/mol. The van der Waals surface area contributed by atoms with Crippen LogP contribution in [-0.2, 0) is 0 Å². The topological polar surface area (TPSA) is 0 Å². The molecular formula is C15H11. The van der Waals surface area contributed by atoms with Gasteiger partial charge in [-0.25, -0.2) is 0 Å². The monoisotopic (exact) mass is 191 g/mol. The van der Waals surface area contributed by atoms with Crippen molar-refractivity contribution in [3.63, 3.8) is 0 Å². The maximum Gasteiger partial charge on any atom is -0.0148 e. The van der Waals surface area contributed by atoms with Crippen molar-refractivity contribution in [2.75, 3.05) is 0 Å². The molecule has 0 aliphatic carbocycles. The molecule has 0 spiro atoms. The second kappa shape index (κ2) is 3.09. The molecule has 3 aromatic rings. The lowest BCUT2D eigenvalue weighted by Crippen LogP contribution is -1.79. The fourth-order valence-electron chi connectivity index (χ4n) is 2.06. The highest BCUT2D eigenvalue weighted by molar-refractivity contribution is 5.99. The van der Waals surface area contributed by atoms with Crippen LogP contribution in [-0.4, -0.2) is 0 Å². The first-order valence-electron chi connectivity index (χ1n) is 5.14. The maximum absolute atomic E-state index is 3.11. The van der Waals surface area contributed by atoms with Crippen LogP contribution >= 0.6 is 0 Å². The van der Waals surface area contributed by atoms with Crippen molar-refractivity contribution in [2.24, 2.45) is 0 Å². The molecule has 0 unspecified atom stereocenters. The largest absolute Gasteiger partial charge is 0.0614 e. The van der Waals surface area contributed by atoms with E-state index in [1.165, 1.54) is 27.1 Å². The summed E-state index contributed by atoms with van der Waals surface area (Å²) >= 11 is 0. The van der Waals surface area contributed by atoms with Crippen LogP contribution in [0.15, 0.2) is 48.5 Å². The van der Waals surface area contributed by atoms with E-state index in [9.17, 15) is 0 Å². The zero-order chi connectivity index (χ0) is 10.3. The highest BCUT2D eigenvalue weighted by atomic mass is 14.0. The van der Waals surface area contributed by atoms with Crippen LogP contribution in [0.4, 0.5) is 0 Å². The van der Waals surface area contributed by atoms with Gasteiger partial charge in [-0.3, -0.25) is 0 Å². The molecule has 0 saturated heterocycles. The van der Waals surface area contributed by atoms with Gasteiger partial charge in [0.25, 0.3) is 0 Å². The second-order valence-electron chi connectivity index (χ2n) is 3.92. The van der Waals surface area contributed by atoms with Crippen LogP contribution in [0.2, 0.25) is 0 Å². The molecule has 0 atom stereocenters. The zero-order valence-electron chi connectivity index (χ0n) is 8.62. The third-order valence-electron chi connectivity index (χ3n) is 2.90. The Kier molecular flexibility index (Phi) is 1.75. The van der Waals surface area contributed by atoms with E-state index in [4.69, 9.17) is 0 Å². The molecule has 0 nitrogen and oxygen atoms in total. The minimum Gasteiger partial charge on any atom is -0.0614 e. The van der Waals surface area contributed by atoms with Crippen molar-refractivity contribution in [3.8, 4) is 0 Å². The van der Waals surface area contributed by atoms with Crippen LogP contribution in [0, 0.1) is 13.0 Å². The highest BCUT2D eigenvalue weighted by Gasteiger charge is 1.98. The van der Waals surface area contributed by atoms with Gasteiger partial charge < -0.3 is 0 Å². The Morgan fingerprint density at radius 2 is 1.87 bits per heavy atom. The Balaban J connectivity index is 2.53. The van der Waals surface area contributed by atoms with E-state index in [-0.39, 0.29) is 0 Å². The van der Waals surface area contributed by atoms with E-state index in [2.05, 4.69) is 49.4 Å². The van der Waals surface area contributed by atoms with E-state index < -0.39 is 0 Å².